The molecule has 2 N–H and O–H groups in total. The van der Waals surface area contributed by atoms with Gasteiger partial charge in [-0.05, 0) is 18.5 Å². The monoisotopic (exact) mass is 156 g/mol. The van der Waals surface area contributed by atoms with E-state index in [4.69, 9.17) is 5.73 Å². The van der Waals surface area contributed by atoms with E-state index in [1.165, 1.54) is 17.7 Å². The maximum Gasteiger partial charge on any atom is 0.181 e. The van der Waals surface area contributed by atoms with Crippen LogP contribution in [0.2, 0.25) is 0 Å². The van der Waals surface area contributed by atoms with Crippen molar-refractivity contribution in [1.82, 2.24) is 4.37 Å². The van der Waals surface area contributed by atoms with Crippen LogP contribution in [-0.4, -0.2) is 16.2 Å². The van der Waals surface area contributed by atoms with Crippen molar-refractivity contribution in [2.45, 2.75) is 13.0 Å². The van der Waals surface area contributed by atoms with Crippen molar-refractivity contribution in [3.05, 3.63) is 17.1 Å². The van der Waals surface area contributed by atoms with Crippen molar-refractivity contribution in [1.29, 1.82) is 0 Å². The predicted octanol–water partition coefficient (Wildman–Crippen LogP) is 0.673. The molecule has 0 unspecified atom stereocenters. The van der Waals surface area contributed by atoms with E-state index in [1.807, 2.05) is 0 Å². The summed E-state index contributed by atoms with van der Waals surface area (Å²) in [6.45, 7) is 1.67. The topological polar surface area (TPSA) is 56.0 Å². The van der Waals surface area contributed by atoms with Gasteiger partial charge in [0.25, 0.3) is 0 Å². The fourth-order valence-corrected chi connectivity index (χ4v) is 1.12. The van der Waals surface area contributed by atoms with E-state index in [-0.39, 0.29) is 5.78 Å². The maximum absolute atomic E-state index is 11.0. The molecule has 54 valence electrons. The second kappa shape index (κ2) is 2.90. The average Bonchev–Trinajstić information content (AvgIpc) is 2.36. The molecule has 1 rings (SSSR count). The Hall–Kier alpha value is -0.740. The summed E-state index contributed by atoms with van der Waals surface area (Å²) in [6, 6.07) is -0.420. The zero-order valence-electron chi connectivity index (χ0n) is 5.57. The Morgan fingerprint density at radius 3 is 3.00 bits per heavy atom. The Kier molecular flexibility index (Phi) is 2.13. The third kappa shape index (κ3) is 1.40. The molecule has 0 saturated carbocycles. The predicted molar refractivity (Wildman–Crippen MR) is 40.1 cm³/mol. The number of Topliss-reactive ketones (excluding diaryl/α,β-unsaturated/α-hetero) is 1. The molecule has 0 spiro atoms. The van der Waals surface area contributed by atoms with Crippen LogP contribution in [0.15, 0.2) is 11.6 Å². The lowest BCUT2D eigenvalue weighted by Crippen LogP contribution is -2.26. The molecule has 0 amide bonds. The van der Waals surface area contributed by atoms with E-state index in [1.54, 1.807) is 12.3 Å². The third-order valence-electron chi connectivity index (χ3n) is 1.13. The smallest absolute Gasteiger partial charge is 0.181 e. The molecule has 10 heavy (non-hydrogen) atoms. The number of carbonyl (C=O) groups is 1. The fraction of sp³-hybridized carbons (Fsp3) is 0.333. The number of carbonyl (C=O) groups excluding carboxylic acids is 1. The van der Waals surface area contributed by atoms with E-state index in [9.17, 15) is 4.79 Å². The molecule has 0 aliphatic carbocycles. The van der Waals surface area contributed by atoms with Gasteiger partial charge in [-0.1, -0.05) is 0 Å². The Labute approximate surface area is 63.0 Å². The van der Waals surface area contributed by atoms with Gasteiger partial charge in [-0.3, -0.25) is 4.79 Å². The minimum Gasteiger partial charge on any atom is -0.321 e. The summed E-state index contributed by atoms with van der Waals surface area (Å²) in [7, 11) is 0. The Morgan fingerprint density at radius 2 is 2.60 bits per heavy atom. The van der Waals surface area contributed by atoms with E-state index >= 15 is 0 Å². The van der Waals surface area contributed by atoms with Gasteiger partial charge >= 0.3 is 0 Å². The lowest BCUT2D eigenvalue weighted by atomic mass is 10.1. The highest BCUT2D eigenvalue weighted by Gasteiger charge is 2.10. The summed E-state index contributed by atoms with van der Waals surface area (Å²) in [5.74, 6) is -0.0475. The van der Waals surface area contributed by atoms with Crippen molar-refractivity contribution >= 4 is 17.3 Å². The summed E-state index contributed by atoms with van der Waals surface area (Å²) < 4.78 is 3.79. The molecular weight excluding hydrogens is 148 g/mol. The van der Waals surface area contributed by atoms with E-state index in [2.05, 4.69) is 4.37 Å². The summed E-state index contributed by atoms with van der Waals surface area (Å²) in [5, 5.41) is 1.70. The van der Waals surface area contributed by atoms with E-state index < -0.39 is 6.04 Å². The van der Waals surface area contributed by atoms with E-state index in [0.29, 0.717) is 5.56 Å². The first-order valence-corrected chi connectivity index (χ1v) is 3.74. The highest BCUT2D eigenvalue weighted by Crippen LogP contribution is 2.03. The van der Waals surface area contributed by atoms with E-state index in [0.717, 1.165) is 0 Å². The number of nitrogens with zero attached hydrogens (tertiary/aromatic N) is 1. The molecule has 1 aromatic rings. The lowest BCUT2D eigenvalue weighted by molar-refractivity contribution is 0.0968. The molecule has 0 aromatic carbocycles. The van der Waals surface area contributed by atoms with Gasteiger partial charge in [0.2, 0.25) is 0 Å². The van der Waals surface area contributed by atoms with Gasteiger partial charge in [0.15, 0.2) is 5.78 Å². The molecule has 1 aromatic heterocycles. The first-order valence-electron chi connectivity index (χ1n) is 2.91. The highest BCUT2D eigenvalue weighted by molar-refractivity contribution is 7.03. The quantitative estimate of drug-likeness (QED) is 0.640. The van der Waals surface area contributed by atoms with Crippen LogP contribution >= 0.6 is 11.5 Å². The Balaban J connectivity index is 2.78. The second-order valence-corrected chi connectivity index (χ2v) is 2.72. The van der Waals surface area contributed by atoms with Crippen molar-refractivity contribution in [3.63, 3.8) is 0 Å². The number of nitrogens with two attached hydrogens (primary N) is 1. The van der Waals surface area contributed by atoms with Crippen molar-refractivity contribution in [2.24, 2.45) is 5.73 Å². The molecule has 0 aliphatic heterocycles. The summed E-state index contributed by atoms with van der Waals surface area (Å²) in [4.78, 5) is 11.0. The van der Waals surface area contributed by atoms with Crippen LogP contribution in [0, 0.1) is 0 Å². The molecular formula is C6H8N2OS. The number of hydrogen-bond acceptors (Lipinski definition) is 4. The number of ketones is 1. The normalized spacial score (nSPS) is 13.0. The van der Waals surface area contributed by atoms with Gasteiger partial charge in [-0.15, -0.1) is 0 Å². The Bertz CT molecular complexity index is 218. The van der Waals surface area contributed by atoms with Crippen LogP contribution in [0.5, 0.6) is 0 Å². The van der Waals surface area contributed by atoms with Crippen LogP contribution in [0.3, 0.4) is 0 Å². The van der Waals surface area contributed by atoms with Crippen molar-refractivity contribution in [3.8, 4) is 0 Å². The number of aromatic nitrogens is 1. The first-order chi connectivity index (χ1) is 4.72. The van der Waals surface area contributed by atoms with Crippen LogP contribution in [0.1, 0.15) is 17.3 Å². The largest absolute Gasteiger partial charge is 0.321 e. The van der Waals surface area contributed by atoms with Crippen LogP contribution in [0.25, 0.3) is 0 Å². The fourth-order valence-electron chi connectivity index (χ4n) is 0.589. The SMILES string of the molecule is C[C@@H](N)C(=O)c1cnsc1. The molecule has 0 aliphatic rings. The summed E-state index contributed by atoms with van der Waals surface area (Å²) >= 11 is 1.26. The van der Waals surface area contributed by atoms with Crippen LogP contribution in [0.4, 0.5) is 0 Å². The molecule has 0 fully saturated rings. The molecule has 4 heteroatoms. The van der Waals surface area contributed by atoms with Gasteiger partial charge in [0, 0.05) is 10.9 Å². The Morgan fingerprint density at radius 1 is 1.90 bits per heavy atom. The van der Waals surface area contributed by atoms with Crippen LogP contribution in [-0.2, 0) is 0 Å². The number of rotatable bonds is 2. The minimum atomic E-state index is -0.420. The zero-order chi connectivity index (χ0) is 7.56. The molecule has 0 radical (unpaired) electrons. The minimum absolute atomic E-state index is 0.0475. The van der Waals surface area contributed by atoms with Crippen molar-refractivity contribution in [2.75, 3.05) is 0 Å². The zero-order valence-corrected chi connectivity index (χ0v) is 6.39. The first kappa shape index (κ1) is 7.37. The van der Waals surface area contributed by atoms with Crippen LogP contribution < -0.4 is 5.73 Å². The standard InChI is InChI=1S/C6H8N2OS/c1-4(7)6(9)5-2-8-10-3-5/h2-4H,7H2,1H3/t4-/m1/s1. The summed E-state index contributed by atoms with van der Waals surface area (Å²) in [6.07, 6.45) is 1.54. The highest BCUT2D eigenvalue weighted by atomic mass is 32.1. The maximum atomic E-state index is 11.0. The van der Waals surface area contributed by atoms with Gasteiger partial charge in [0.05, 0.1) is 12.2 Å². The average molecular weight is 156 g/mol. The molecule has 0 saturated heterocycles. The lowest BCUT2D eigenvalue weighted by Gasteiger charge is -1.98. The molecule has 3 nitrogen and oxygen atoms in total. The van der Waals surface area contributed by atoms with Gasteiger partial charge < -0.3 is 5.73 Å². The molecule has 1 heterocycles. The van der Waals surface area contributed by atoms with Gasteiger partial charge in [-0.25, -0.2) is 4.37 Å². The third-order valence-corrected chi connectivity index (χ3v) is 1.72. The second-order valence-electron chi connectivity index (χ2n) is 2.07. The van der Waals surface area contributed by atoms with Gasteiger partial charge in [-0.2, -0.15) is 0 Å². The number of hydrogen-bond donors (Lipinski definition) is 1. The van der Waals surface area contributed by atoms with Gasteiger partial charge in [0.1, 0.15) is 0 Å². The van der Waals surface area contributed by atoms with Crippen molar-refractivity contribution < 1.29 is 4.79 Å². The molecule has 1 atom stereocenters. The molecule has 0 bridgehead atoms. The summed E-state index contributed by atoms with van der Waals surface area (Å²) in [5.41, 5.74) is 5.97.